The summed E-state index contributed by atoms with van der Waals surface area (Å²) in [4.78, 5) is 11.2. The molecule has 5 nitrogen and oxygen atoms in total. The van der Waals surface area contributed by atoms with Crippen LogP contribution < -0.4 is 4.31 Å². The lowest BCUT2D eigenvalue weighted by Crippen LogP contribution is -2.39. The summed E-state index contributed by atoms with van der Waals surface area (Å²) in [6.45, 7) is 0.217. The zero-order valence-electron chi connectivity index (χ0n) is 10.8. The first-order valence-corrected chi connectivity index (χ1v) is 9.37. The smallest absolute Gasteiger partial charge is 0.322 e. The summed E-state index contributed by atoms with van der Waals surface area (Å²) in [5.41, 5.74) is 0.516. The number of carbonyl (C=O) groups is 1. The van der Waals surface area contributed by atoms with Gasteiger partial charge in [0.1, 0.15) is 0 Å². The molecule has 0 aliphatic rings. The van der Waals surface area contributed by atoms with Crippen molar-refractivity contribution in [3.05, 3.63) is 30.3 Å². The number of methoxy groups -OCH3 is 1. The Bertz CT molecular complexity index is 536. The molecule has 1 unspecified atom stereocenters. The zero-order valence-corrected chi connectivity index (χ0v) is 14.8. The molecule has 1 aromatic rings. The number of rotatable bonds is 7. The number of sulfonamides is 1. The number of para-hydroxylation sites is 1. The largest absolute Gasteiger partial charge is 0.468 e. The molecule has 0 aliphatic carbocycles. The topological polar surface area (TPSA) is 63.7 Å². The highest BCUT2D eigenvalue weighted by Gasteiger charge is 2.27. The number of carbonyl (C=O) groups excluding carboxylic acids is 1. The fourth-order valence-electron chi connectivity index (χ4n) is 1.49. The Labute approximate surface area is 135 Å². The molecule has 0 spiro atoms. The van der Waals surface area contributed by atoms with Gasteiger partial charge in [0.2, 0.25) is 10.0 Å². The molecule has 8 heteroatoms. The SMILES string of the molecule is COC(=O)CS(=O)(=O)N(CC(Br)CBr)c1ccccc1. The van der Waals surface area contributed by atoms with E-state index < -0.39 is 21.7 Å². The van der Waals surface area contributed by atoms with Gasteiger partial charge in [-0.05, 0) is 12.1 Å². The molecule has 0 aromatic heterocycles. The highest BCUT2D eigenvalue weighted by molar-refractivity contribution is 9.12. The number of anilines is 1. The lowest BCUT2D eigenvalue weighted by Gasteiger charge is -2.25. The molecule has 20 heavy (non-hydrogen) atoms. The summed E-state index contributed by atoms with van der Waals surface area (Å²) < 4.78 is 30.3. The van der Waals surface area contributed by atoms with Crippen LogP contribution in [0.15, 0.2) is 30.3 Å². The van der Waals surface area contributed by atoms with Gasteiger partial charge in [-0.15, -0.1) is 0 Å². The van der Waals surface area contributed by atoms with Crippen LogP contribution in [0.1, 0.15) is 0 Å². The second kappa shape index (κ2) is 7.99. The van der Waals surface area contributed by atoms with Gasteiger partial charge >= 0.3 is 5.97 Å². The normalized spacial score (nSPS) is 12.8. The second-order valence-corrected chi connectivity index (χ2v) is 7.79. The van der Waals surface area contributed by atoms with Crippen LogP contribution in [0.3, 0.4) is 0 Å². The van der Waals surface area contributed by atoms with Crippen LogP contribution in [0.25, 0.3) is 0 Å². The first-order chi connectivity index (χ1) is 9.40. The monoisotopic (exact) mass is 427 g/mol. The van der Waals surface area contributed by atoms with Gasteiger partial charge in [0, 0.05) is 16.7 Å². The Morgan fingerprint density at radius 3 is 2.45 bits per heavy atom. The highest BCUT2D eigenvalue weighted by Crippen LogP contribution is 2.20. The maximum Gasteiger partial charge on any atom is 0.322 e. The lowest BCUT2D eigenvalue weighted by atomic mass is 10.3. The third-order valence-electron chi connectivity index (χ3n) is 2.44. The Morgan fingerprint density at radius 2 is 1.95 bits per heavy atom. The van der Waals surface area contributed by atoms with Crippen molar-refractivity contribution in [1.29, 1.82) is 0 Å². The van der Waals surface area contributed by atoms with Gasteiger partial charge in [-0.25, -0.2) is 8.42 Å². The first kappa shape index (κ1) is 17.5. The van der Waals surface area contributed by atoms with Crippen LogP contribution in [0.4, 0.5) is 5.69 Å². The molecule has 0 N–H and O–H groups in total. The molecular formula is C12H15Br2NO4S. The number of halogens is 2. The van der Waals surface area contributed by atoms with Crippen molar-refractivity contribution in [3.63, 3.8) is 0 Å². The van der Waals surface area contributed by atoms with Crippen molar-refractivity contribution < 1.29 is 17.9 Å². The second-order valence-electron chi connectivity index (χ2n) is 3.95. The molecule has 0 saturated carbocycles. The Balaban J connectivity index is 3.07. The van der Waals surface area contributed by atoms with Crippen LogP contribution in [0.5, 0.6) is 0 Å². The highest BCUT2D eigenvalue weighted by atomic mass is 79.9. The third-order valence-corrected chi connectivity index (χ3v) is 6.33. The van der Waals surface area contributed by atoms with Crippen LogP contribution >= 0.6 is 31.9 Å². The molecule has 1 rings (SSSR count). The minimum atomic E-state index is -3.78. The van der Waals surface area contributed by atoms with E-state index in [0.29, 0.717) is 11.0 Å². The molecule has 0 bridgehead atoms. The van der Waals surface area contributed by atoms with E-state index in [-0.39, 0.29) is 11.4 Å². The summed E-state index contributed by atoms with van der Waals surface area (Å²) in [6.07, 6.45) is 0. The Morgan fingerprint density at radius 1 is 1.35 bits per heavy atom. The molecule has 112 valence electrons. The quantitative estimate of drug-likeness (QED) is 0.493. The number of benzene rings is 1. The van der Waals surface area contributed by atoms with Gasteiger partial charge in [0.05, 0.1) is 12.8 Å². The zero-order chi connectivity index (χ0) is 15.2. The van der Waals surface area contributed by atoms with E-state index in [9.17, 15) is 13.2 Å². The van der Waals surface area contributed by atoms with Crippen molar-refractivity contribution in [2.75, 3.05) is 29.0 Å². The average Bonchev–Trinajstić information content (AvgIpc) is 2.44. The van der Waals surface area contributed by atoms with Gasteiger partial charge in [-0.3, -0.25) is 9.10 Å². The predicted octanol–water partition coefficient (Wildman–Crippen LogP) is 2.15. The number of alkyl halides is 2. The van der Waals surface area contributed by atoms with Crippen LogP contribution in [-0.4, -0.2) is 44.0 Å². The van der Waals surface area contributed by atoms with Crippen molar-refractivity contribution in [2.24, 2.45) is 0 Å². The van der Waals surface area contributed by atoms with E-state index in [0.717, 1.165) is 7.11 Å². The predicted molar refractivity (Wildman–Crippen MR) is 86.1 cm³/mol. The van der Waals surface area contributed by atoms with Crippen molar-refractivity contribution in [3.8, 4) is 0 Å². The summed E-state index contributed by atoms with van der Waals surface area (Å²) in [5.74, 6) is -1.46. The first-order valence-electron chi connectivity index (χ1n) is 5.73. The van der Waals surface area contributed by atoms with Crippen LogP contribution in [0, 0.1) is 0 Å². The number of nitrogens with zero attached hydrogens (tertiary/aromatic N) is 1. The molecule has 1 atom stereocenters. The van der Waals surface area contributed by atoms with E-state index in [4.69, 9.17) is 0 Å². The summed E-state index contributed by atoms with van der Waals surface area (Å²) >= 11 is 6.67. The molecule has 0 amide bonds. The summed E-state index contributed by atoms with van der Waals surface area (Å²) in [5, 5.41) is 0.587. The molecular weight excluding hydrogens is 414 g/mol. The van der Waals surface area contributed by atoms with Gasteiger partial charge < -0.3 is 4.74 Å². The molecule has 0 fully saturated rings. The number of hydrogen-bond acceptors (Lipinski definition) is 4. The minimum absolute atomic E-state index is 0.0740. The minimum Gasteiger partial charge on any atom is -0.468 e. The summed E-state index contributed by atoms with van der Waals surface area (Å²) in [6, 6.07) is 8.65. The number of ether oxygens (including phenoxy) is 1. The van der Waals surface area contributed by atoms with Crippen LogP contribution in [-0.2, 0) is 19.6 Å². The third kappa shape index (κ3) is 5.06. The lowest BCUT2D eigenvalue weighted by molar-refractivity contribution is -0.137. The molecule has 1 aromatic carbocycles. The number of esters is 1. The van der Waals surface area contributed by atoms with E-state index in [1.54, 1.807) is 30.3 Å². The maximum atomic E-state index is 12.3. The standard InChI is InChI=1S/C12H15Br2NO4S/c1-19-12(16)9-20(17,18)15(8-10(14)7-13)11-5-3-2-4-6-11/h2-6,10H,7-9H2,1H3. The molecule has 0 radical (unpaired) electrons. The Hall–Kier alpha value is -0.600. The number of hydrogen-bond donors (Lipinski definition) is 0. The maximum absolute atomic E-state index is 12.3. The van der Waals surface area contributed by atoms with E-state index in [1.165, 1.54) is 4.31 Å². The van der Waals surface area contributed by atoms with Gasteiger partial charge in [0.25, 0.3) is 0 Å². The van der Waals surface area contributed by atoms with Crippen molar-refractivity contribution in [1.82, 2.24) is 0 Å². The van der Waals surface area contributed by atoms with Crippen LogP contribution in [0.2, 0.25) is 0 Å². The van der Waals surface area contributed by atoms with Gasteiger partial charge in [0.15, 0.2) is 5.75 Å². The molecule has 0 aliphatic heterocycles. The molecule has 0 saturated heterocycles. The van der Waals surface area contributed by atoms with E-state index >= 15 is 0 Å². The van der Waals surface area contributed by atoms with Gasteiger partial charge in [-0.1, -0.05) is 50.1 Å². The Kier molecular flexibility index (Phi) is 6.97. The fourth-order valence-corrected chi connectivity index (χ4v) is 3.60. The van der Waals surface area contributed by atoms with Gasteiger partial charge in [-0.2, -0.15) is 0 Å². The fraction of sp³-hybridized carbons (Fsp3) is 0.417. The van der Waals surface area contributed by atoms with E-state index in [1.807, 2.05) is 0 Å². The average molecular weight is 429 g/mol. The van der Waals surface area contributed by atoms with E-state index in [2.05, 4.69) is 36.6 Å². The van der Waals surface area contributed by atoms with Crippen molar-refractivity contribution in [2.45, 2.75) is 4.83 Å². The summed E-state index contributed by atoms with van der Waals surface area (Å²) in [7, 11) is -2.62. The molecule has 0 heterocycles. The van der Waals surface area contributed by atoms with Crippen molar-refractivity contribution >= 4 is 53.5 Å².